The van der Waals surface area contributed by atoms with E-state index in [4.69, 9.17) is 11.6 Å². The number of benzene rings is 1. The number of piperazine rings is 1. The number of halogens is 1. The highest BCUT2D eigenvalue weighted by molar-refractivity contribution is 7.13. The van der Waals surface area contributed by atoms with Gasteiger partial charge in [0, 0.05) is 48.8 Å². The zero-order valence-corrected chi connectivity index (χ0v) is 13.6. The molecular formula is C15H19ClN4S. The molecule has 4 nitrogen and oxygen atoms in total. The number of thiazole rings is 1. The van der Waals surface area contributed by atoms with E-state index >= 15 is 0 Å². The van der Waals surface area contributed by atoms with Crippen LogP contribution in [0.4, 0.5) is 10.8 Å². The predicted molar refractivity (Wildman–Crippen MR) is 90.8 cm³/mol. The van der Waals surface area contributed by atoms with Gasteiger partial charge in [0.1, 0.15) is 0 Å². The van der Waals surface area contributed by atoms with Crippen LogP contribution >= 0.6 is 22.9 Å². The molecule has 1 aliphatic rings. The molecule has 1 aliphatic heterocycles. The third kappa shape index (κ3) is 3.48. The first-order valence-corrected chi connectivity index (χ1v) is 8.36. The summed E-state index contributed by atoms with van der Waals surface area (Å²) in [6, 6.07) is 8.08. The number of hydrogen-bond acceptors (Lipinski definition) is 5. The zero-order valence-electron chi connectivity index (χ0n) is 12.1. The molecule has 0 spiro atoms. The smallest absolute Gasteiger partial charge is 0.185 e. The van der Waals surface area contributed by atoms with Gasteiger partial charge in [0.05, 0.1) is 5.69 Å². The predicted octanol–water partition coefficient (Wildman–Crippen LogP) is 2.84. The molecule has 0 atom stereocenters. The molecule has 1 fully saturated rings. The Morgan fingerprint density at radius 3 is 2.71 bits per heavy atom. The summed E-state index contributed by atoms with van der Waals surface area (Å²) in [4.78, 5) is 9.42. The summed E-state index contributed by atoms with van der Waals surface area (Å²) < 4.78 is 0. The SMILES string of the molecule is CNCc1csc(N2CCN(c3cccc(Cl)c3)CC2)n1. The standard InChI is InChI=1S/C15H19ClN4S/c1-17-10-13-11-21-15(18-13)20-7-5-19(6-8-20)14-4-2-3-12(16)9-14/h2-4,9,11,17H,5-8,10H2,1H3. The quantitative estimate of drug-likeness (QED) is 0.938. The van der Waals surface area contributed by atoms with Crippen molar-refractivity contribution in [2.24, 2.45) is 0 Å². The van der Waals surface area contributed by atoms with Crippen LogP contribution in [0.1, 0.15) is 5.69 Å². The molecule has 0 unspecified atom stereocenters. The van der Waals surface area contributed by atoms with Gasteiger partial charge in [-0.05, 0) is 25.2 Å². The van der Waals surface area contributed by atoms with Crippen molar-refractivity contribution in [2.75, 3.05) is 43.0 Å². The van der Waals surface area contributed by atoms with Gasteiger partial charge in [0.2, 0.25) is 0 Å². The summed E-state index contributed by atoms with van der Waals surface area (Å²) in [5, 5.41) is 7.20. The van der Waals surface area contributed by atoms with Gasteiger partial charge < -0.3 is 15.1 Å². The summed E-state index contributed by atoms with van der Waals surface area (Å²) in [7, 11) is 1.95. The van der Waals surface area contributed by atoms with Crippen LogP contribution in [0, 0.1) is 0 Å². The van der Waals surface area contributed by atoms with Crippen LogP contribution in [-0.4, -0.2) is 38.2 Å². The van der Waals surface area contributed by atoms with Gasteiger partial charge in [-0.3, -0.25) is 0 Å². The van der Waals surface area contributed by atoms with E-state index in [0.29, 0.717) is 0 Å². The molecule has 1 aromatic carbocycles. The largest absolute Gasteiger partial charge is 0.368 e. The lowest BCUT2D eigenvalue weighted by atomic mass is 10.2. The van der Waals surface area contributed by atoms with Crippen molar-refractivity contribution in [1.82, 2.24) is 10.3 Å². The van der Waals surface area contributed by atoms with Gasteiger partial charge in [-0.25, -0.2) is 4.98 Å². The highest BCUT2D eigenvalue weighted by Crippen LogP contribution is 2.25. The van der Waals surface area contributed by atoms with Crippen LogP contribution < -0.4 is 15.1 Å². The molecule has 6 heteroatoms. The molecule has 0 radical (unpaired) electrons. The fourth-order valence-electron chi connectivity index (χ4n) is 2.53. The van der Waals surface area contributed by atoms with Crippen molar-refractivity contribution in [1.29, 1.82) is 0 Å². The van der Waals surface area contributed by atoms with E-state index in [0.717, 1.165) is 48.6 Å². The van der Waals surface area contributed by atoms with Crippen LogP contribution in [0.2, 0.25) is 5.02 Å². The second-order valence-corrected chi connectivity index (χ2v) is 6.38. The normalized spacial score (nSPS) is 15.5. The third-order valence-corrected chi connectivity index (χ3v) is 4.81. The van der Waals surface area contributed by atoms with Gasteiger partial charge >= 0.3 is 0 Å². The van der Waals surface area contributed by atoms with Crippen LogP contribution in [0.5, 0.6) is 0 Å². The fraction of sp³-hybridized carbons (Fsp3) is 0.400. The maximum absolute atomic E-state index is 6.07. The molecule has 0 aliphatic carbocycles. The zero-order chi connectivity index (χ0) is 14.7. The van der Waals surface area contributed by atoms with Crippen molar-refractivity contribution >= 4 is 33.8 Å². The number of hydrogen-bond donors (Lipinski definition) is 1. The molecule has 0 amide bonds. The summed E-state index contributed by atoms with van der Waals surface area (Å²) in [5.74, 6) is 0. The lowest BCUT2D eigenvalue weighted by molar-refractivity contribution is 0.650. The molecule has 112 valence electrons. The number of rotatable bonds is 4. The lowest BCUT2D eigenvalue weighted by Crippen LogP contribution is -2.46. The van der Waals surface area contributed by atoms with Gasteiger partial charge in [0.25, 0.3) is 0 Å². The number of nitrogens with zero attached hydrogens (tertiary/aromatic N) is 3. The monoisotopic (exact) mass is 322 g/mol. The first kappa shape index (κ1) is 14.6. The molecule has 1 N–H and O–H groups in total. The first-order chi connectivity index (χ1) is 10.3. The Kier molecular flexibility index (Phi) is 4.63. The van der Waals surface area contributed by atoms with Crippen LogP contribution in [0.3, 0.4) is 0 Å². The van der Waals surface area contributed by atoms with E-state index in [1.54, 1.807) is 11.3 Å². The van der Waals surface area contributed by atoms with Crippen molar-refractivity contribution in [2.45, 2.75) is 6.54 Å². The summed E-state index contributed by atoms with van der Waals surface area (Å²) in [6.45, 7) is 4.83. The first-order valence-electron chi connectivity index (χ1n) is 7.11. The van der Waals surface area contributed by atoms with E-state index in [1.807, 2.05) is 25.2 Å². The van der Waals surface area contributed by atoms with E-state index in [2.05, 4.69) is 31.5 Å². The summed E-state index contributed by atoms with van der Waals surface area (Å²) in [6.07, 6.45) is 0. The van der Waals surface area contributed by atoms with Gasteiger partial charge in [-0.2, -0.15) is 0 Å². The Morgan fingerprint density at radius 2 is 2.00 bits per heavy atom. The Hall–Kier alpha value is -1.30. The van der Waals surface area contributed by atoms with Crippen LogP contribution in [0.15, 0.2) is 29.6 Å². The maximum atomic E-state index is 6.07. The molecule has 2 heterocycles. The van der Waals surface area contributed by atoms with Crippen molar-refractivity contribution in [3.8, 4) is 0 Å². The van der Waals surface area contributed by atoms with Gasteiger partial charge in [-0.15, -0.1) is 11.3 Å². The Balaban J connectivity index is 1.61. The second-order valence-electron chi connectivity index (χ2n) is 5.11. The van der Waals surface area contributed by atoms with Crippen LogP contribution in [-0.2, 0) is 6.54 Å². The van der Waals surface area contributed by atoms with Gasteiger partial charge in [-0.1, -0.05) is 17.7 Å². The minimum atomic E-state index is 0.798. The maximum Gasteiger partial charge on any atom is 0.185 e. The molecule has 1 aromatic heterocycles. The van der Waals surface area contributed by atoms with E-state index < -0.39 is 0 Å². The topological polar surface area (TPSA) is 31.4 Å². The molecule has 2 aromatic rings. The lowest BCUT2D eigenvalue weighted by Gasteiger charge is -2.36. The minimum Gasteiger partial charge on any atom is -0.368 e. The average Bonchev–Trinajstić information content (AvgIpc) is 2.97. The number of anilines is 2. The minimum absolute atomic E-state index is 0.798. The van der Waals surface area contributed by atoms with E-state index in [-0.39, 0.29) is 0 Å². The third-order valence-electron chi connectivity index (χ3n) is 3.62. The second kappa shape index (κ2) is 6.64. The highest BCUT2D eigenvalue weighted by Gasteiger charge is 2.19. The Labute approximate surface area is 134 Å². The molecule has 0 bridgehead atoms. The van der Waals surface area contributed by atoms with E-state index in [9.17, 15) is 0 Å². The molecule has 1 saturated heterocycles. The van der Waals surface area contributed by atoms with Crippen LogP contribution in [0.25, 0.3) is 0 Å². The summed E-state index contributed by atoms with van der Waals surface area (Å²) in [5.41, 5.74) is 2.33. The average molecular weight is 323 g/mol. The number of aromatic nitrogens is 1. The summed E-state index contributed by atoms with van der Waals surface area (Å²) >= 11 is 7.80. The Bertz CT molecular complexity index is 593. The molecular weight excluding hydrogens is 304 g/mol. The molecule has 0 saturated carbocycles. The fourth-order valence-corrected chi connectivity index (χ4v) is 3.60. The van der Waals surface area contributed by atoms with E-state index in [1.165, 1.54) is 5.69 Å². The van der Waals surface area contributed by atoms with Crippen molar-refractivity contribution in [3.63, 3.8) is 0 Å². The molecule has 21 heavy (non-hydrogen) atoms. The highest BCUT2D eigenvalue weighted by atomic mass is 35.5. The van der Waals surface area contributed by atoms with Gasteiger partial charge in [0.15, 0.2) is 5.13 Å². The number of nitrogens with one attached hydrogen (secondary N) is 1. The Morgan fingerprint density at radius 1 is 1.24 bits per heavy atom. The molecule has 3 rings (SSSR count). The van der Waals surface area contributed by atoms with Crippen molar-refractivity contribution < 1.29 is 0 Å². The van der Waals surface area contributed by atoms with Crippen molar-refractivity contribution in [3.05, 3.63) is 40.4 Å².